The molecule has 0 aromatic carbocycles. The van der Waals surface area contributed by atoms with Crippen LogP contribution in [-0.4, -0.2) is 11.1 Å². The molecule has 1 saturated carbocycles. The van der Waals surface area contributed by atoms with Gasteiger partial charge in [-0.25, -0.2) is 0 Å². The molecule has 2 nitrogen and oxygen atoms in total. The first-order valence-electron chi connectivity index (χ1n) is 4.72. The highest BCUT2D eigenvalue weighted by molar-refractivity contribution is 5.67. The Kier molecular flexibility index (Phi) is 2.45. The van der Waals surface area contributed by atoms with Crippen molar-refractivity contribution in [1.29, 1.82) is 0 Å². The first-order valence-corrected chi connectivity index (χ1v) is 4.72. The molecule has 0 spiro atoms. The predicted molar refractivity (Wildman–Crippen MR) is 47.9 cm³/mol. The molecule has 1 N–H and O–H groups in total. The van der Waals surface area contributed by atoms with Gasteiger partial charge in [0.05, 0.1) is 0 Å². The molecule has 12 heavy (non-hydrogen) atoms. The van der Waals surface area contributed by atoms with Crippen molar-refractivity contribution < 1.29 is 9.90 Å². The number of rotatable bonds is 4. The van der Waals surface area contributed by atoms with Crippen LogP contribution < -0.4 is 0 Å². The molecule has 1 aliphatic rings. The van der Waals surface area contributed by atoms with Gasteiger partial charge < -0.3 is 5.11 Å². The number of carboxylic acid groups (broad SMARTS) is 1. The van der Waals surface area contributed by atoms with Crippen molar-refractivity contribution in [2.24, 2.45) is 17.3 Å². The van der Waals surface area contributed by atoms with Crippen molar-refractivity contribution in [3.8, 4) is 0 Å². The Hall–Kier alpha value is -0.530. The minimum atomic E-state index is -0.647. The maximum Gasteiger partial charge on any atom is 0.303 e. The monoisotopic (exact) mass is 170 g/mol. The summed E-state index contributed by atoms with van der Waals surface area (Å²) < 4.78 is 0. The van der Waals surface area contributed by atoms with E-state index < -0.39 is 5.97 Å². The van der Waals surface area contributed by atoms with Gasteiger partial charge in [-0.3, -0.25) is 4.79 Å². The molecule has 2 heteroatoms. The van der Waals surface area contributed by atoms with Gasteiger partial charge in [0, 0.05) is 6.42 Å². The fourth-order valence-electron chi connectivity index (χ4n) is 2.34. The summed E-state index contributed by atoms with van der Waals surface area (Å²) in [7, 11) is 0. The Morgan fingerprint density at radius 3 is 2.42 bits per heavy atom. The number of hydrogen-bond donors (Lipinski definition) is 1. The van der Waals surface area contributed by atoms with Gasteiger partial charge in [0.2, 0.25) is 0 Å². The molecule has 0 unspecified atom stereocenters. The highest BCUT2D eigenvalue weighted by Gasteiger charge is 2.56. The van der Waals surface area contributed by atoms with Crippen LogP contribution in [0.3, 0.4) is 0 Å². The van der Waals surface area contributed by atoms with Crippen LogP contribution in [0.15, 0.2) is 0 Å². The standard InChI is InChI=1S/C10H18O2/c1-4-5-7-8(6-9(11)12)10(7,2)3/h7-8H,4-6H2,1-3H3,(H,11,12)/t7-,8+/m1/s1. The second-order valence-electron chi connectivity index (χ2n) is 4.42. The van der Waals surface area contributed by atoms with Gasteiger partial charge in [-0.2, -0.15) is 0 Å². The molecule has 0 radical (unpaired) electrons. The van der Waals surface area contributed by atoms with Crippen LogP contribution in [0.25, 0.3) is 0 Å². The number of hydrogen-bond acceptors (Lipinski definition) is 1. The Labute approximate surface area is 74.0 Å². The zero-order valence-corrected chi connectivity index (χ0v) is 8.13. The summed E-state index contributed by atoms with van der Waals surface area (Å²) in [6, 6.07) is 0. The van der Waals surface area contributed by atoms with Crippen molar-refractivity contribution in [2.75, 3.05) is 0 Å². The van der Waals surface area contributed by atoms with Gasteiger partial charge in [0.1, 0.15) is 0 Å². The van der Waals surface area contributed by atoms with E-state index >= 15 is 0 Å². The predicted octanol–water partition coefficient (Wildman–Crippen LogP) is 2.53. The highest BCUT2D eigenvalue weighted by Crippen LogP contribution is 2.61. The summed E-state index contributed by atoms with van der Waals surface area (Å²) in [5, 5.41) is 8.64. The molecule has 1 fully saturated rings. The number of carbonyl (C=O) groups is 1. The molecular weight excluding hydrogens is 152 g/mol. The van der Waals surface area contributed by atoms with Crippen LogP contribution in [0.5, 0.6) is 0 Å². The van der Waals surface area contributed by atoms with E-state index in [1.54, 1.807) is 0 Å². The molecule has 0 bridgehead atoms. The van der Waals surface area contributed by atoms with Gasteiger partial charge in [0.25, 0.3) is 0 Å². The van der Waals surface area contributed by atoms with Crippen molar-refractivity contribution >= 4 is 5.97 Å². The van der Waals surface area contributed by atoms with Crippen molar-refractivity contribution in [3.63, 3.8) is 0 Å². The fraction of sp³-hybridized carbons (Fsp3) is 0.900. The van der Waals surface area contributed by atoms with Crippen molar-refractivity contribution in [3.05, 3.63) is 0 Å². The summed E-state index contributed by atoms with van der Waals surface area (Å²) in [6.45, 7) is 6.52. The number of aliphatic carboxylic acids is 1. The average molecular weight is 170 g/mol. The molecule has 0 amide bonds. The molecular formula is C10H18O2. The van der Waals surface area contributed by atoms with Crippen molar-refractivity contribution in [2.45, 2.75) is 40.0 Å². The lowest BCUT2D eigenvalue weighted by atomic mass is 10.1. The summed E-state index contributed by atoms with van der Waals surface area (Å²) in [5.41, 5.74) is 0.286. The Morgan fingerprint density at radius 1 is 1.42 bits per heavy atom. The van der Waals surface area contributed by atoms with Crippen LogP contribution in [0.1, 0.15) is 40.0 Å². The van der Waals surface area contributed by atoms with E-state index in [-0.39, 0.29) is 5.41 Å². The zero-order valence-electron chi connectivity index (χ0n) is 8.13. The molecule has 70 valence electrons. The zero-order chi connectivity index (χ0) is 9.35. The van der Waals surface area contributed by atoms with E-state index in [1.165, 1.54) is 12.8 Å². The highest BCUT2D eigenvalue weighted by atomic mass is 16.4. The van der Waals surface area contributed by atoms with E-state index in [2.05, 4.69) is 20.8 Å². The number of carboxylic acids is 1. The molecule has 0 heterocycles. The summed E-state index contributed by atoms with van der Waals surface area (Å²) in [5.74, 6) is 0.431. The SMILES string of the molecule is CCC[C@@H]1[C@H](CC(=O)O)C1(C)C. The first-order chi connectivity index (χ1) is 5.50. The van der Waals surface area contributed by atoms with Gasteiger partial charge in [0.15, 0.2) is 0 Å². The molecule has 2 atom stereocenters. The first kappa shape index (κ1) is 9.56. The van der Waals surface area contributed by atoms with Gasteiger partial charge in [-0.15, -0.1) is 0 Å². The van der Waals surface area contributed by atoms with Gasteiger partial charge >= 0.3 is 5.97 Å². The summed E-state index contributed by atoms with van der Waals surface area (Å²) >= 11 is 0. The lowest BCUT2D eigenvalue weighted by Gasteiger charge is -1.99. The molecule has 0 aromatic rings. The molecule has 1 rings (SSSR count). The van der Waals surface area contributed by atoms with Crippen LogP contribution in [-0.2, 0) is 4.79 Å². The second kappa shape index (κ2) is 3.08. The maximum atomic E-state index is 10.5. The van der Waals surface area contributed by atoms with Crippen molar-refractivity contribution in [1.82, 2.24) is 0 Å². The molecule has 0 aliphatic heterocycles. The third kappa shape index (κ3) is 1.62. The maximum absolute atomic E-state index is 10.5. The van der Waals surface area contributed by atoms with E-state index in [9.17, 15) is 4.79 Å². The third-order valence-corrected chi connectivity index (χ3v) is 3.28. The smallest absolute Gasteiger partial charge is 0.303 e. The minimum absolute atomic E-state index is 0.286. The quantitative estimate of drug-likeness (QED) is 0.704. The lowest BCUT2D eigenvalue weighted by molar-refractivity contribution is -0.137. The second-order valence-corrected chi connectivity index (χ2v) is 4.42. The third-order valence-electron chi connectivity index (χ3n) is 3.28. The Balaban J connectivity index is 2.43. The fourth-order valence-corrected chi connectivity index (χ4v) is 2.34. The van der Waals surface area contributed by atoms with Gasteiger partial charge in [-0.1, -0.05) is 27.2 Å². The minimum Gasteiger partial charge on any atom is -0.481 e. The Morgan fingerprint density at radius 2 is 2.00 bits per heavy atom. The average Bonchev–Trinajstić information content (AvgIpc) is 2.39. The van der Waals surface area contributed by atoms with Crippen LogP contribution in [0, 0.1) is 17.3 Å². The summed E-state index contributed by atoms with van der Waals surface area (Å²) in [6.07, 6.45) is 2.72. The van der Waals surface area contributed by atoms with Crippen LogP contribution in [0.4, 0.5) is 0 Å². The van der Waals surface area contributed by atoms with Crippen LogP contribution >= 0.6 is 0 Å². The van der Waals surface area contributed by atoms with E-state index in [0.29, 0.717) is 18.3 Å². The van der Waals surface area contributed by atoms with E-state index in [0.717, 1.165) is 0 Å². The lowest BCUT2D eigenvalue weighted by Crippen LogP contribution is -1.99. The Bertz CT molecular complexity index is 184. The molecule has 0 saturated heterocycles. The molecule has 1 aliphatic carbocycles. The summed E-state index contributed by atoms with van der Waals surface area (Å²) in [4.78, 5) is 10.5. The van der Waals surface area contributed by atoms with Crippen LogP contribution in [0.2, 0.25) is 0 Å². The van der Waals surface area contributed by atoms with E-state index in [4.69, 9.17) is 5.11 Å². The normalized spacial score (nSPS) is 31.6. The van der Waals surface area contributed by atoms with Gasteiger partial charge in [-0.05, 0) is 23.7 Å². The topological polar surface area (TPSA) is 37.3 Å². The largest absolute Gasteiger partial charge is 0.481 e. The molecule has 0 aromatic heterocycles. The van der Waals surface area contributed by atoms with E-state index in [1.807, 2.05) is 0 Å².